The second-order valence-corrected chi connectivity index (χ2v) is 9.75. The van der Waals surface area contributed by atoms with Gasteiger partial charge in [0.1, 0.15) is 18.0 Å². The first-order chi connectivity index (χ1) is 15.5. The first-order valence-electron chi connectivity index (χ1n) is 12.2. The Morgan fingerprint density at radius 2 is 1.81 bits per heavy atom. The molecular weight excluding hydrogens is 396 g/mol. The van der Waals surface area contributed by atoms with Gasteiger partial charge in [-0.05, 0) is 48.3 Å². The molecule has 0 unspecified atom stereocenters. The lowest BCUT2D eigenvalue weighted by Gasteiger charge is -2.37. The molecule has 1 aliphatic carbocycles. The third kappa shape index (κ3) is 4.74. The van der Waals surface area contributed by atoms with E-state index in [0.29, 0.717) is 24.2 Å². The number of hydrogen-bond donors (Lipinski definition) is 0. The first-order valence-corrected chi connectivity index (χ1v) is 12.2. The molecule has 1 fully saturated rings. The minimum atomic E-state index is -0.426. The second-order valence-electron chi connectivity index (χ2n) is 9.75. The molecule has 1 heterocycles. The van der Waals surface area contributed by atoms with Crippen LogP contribution in [0.1, 0.15) is 64.4 Å². The first kappa shape index (κ1) is 22.6. The molecule has 0 saturated heterocycles. The van der Waals surface area contributed by atoms with Gasteiger partial charge >= 0.3 is 5.97 Å². The smallest absolute Gasteiger partial charge is 0.329 e. The molecule has 1 aromatic heterocycles. The van der Waals surface area contributed by atoms with Crippen LogP contribution in [0.2, 0.25) is 0 Å². The molecule has 2 aromatic carbocycles. The molecule has 0 aliphatic heterocycles. The Morgan fingerprint density at radius 1 is 1.09 bits per heavy atom. The Balaban J connectivity index is 1.71. The van der Waals surface area contributed by atoms with Gasteiger partial charge in [0.05, 0.1) is 11.0 Å². The van der Waals surface area contributed by atoms with Crippen LogP contribution >= 0.6 is 0 Å². The number of nitrogens with zero attached hydrogens (tertiary/aromatic N) is 2. The van der Waals surface area contributed by atoms with Gasteiger partial charge in [0.2, 0.25) is 0 Å². The number of aryl methyl sites for hydroxylation is 1. The van der Waals surface area contributed by atoms with Gasteiger partial charge in [-0.2, -0.15) is 0 Å². The van der Waals surface area contributed by atoms with Crippen molar-refractivity contribution in [1.29, 1.82) is 0 Å². The van der Waals surface area contributed by atoms with E-state index >= 15 is 0 Å². The lowest BCUT2D eigenvalue weighted by atomic mass is 9.75. The minimum Gasteiger partial charge on any atom is -0.461 e. The maximum Gasteiger partial charge on any atom is 0.329 e. The monoisotopic (exact) mass is 432 g/mol. The summed E-state index contributed by atoms with van der Waals surface area (Å²) in [6.45, 7) is 8.88. The van der Waals surface area contributed by atoms with Crippen molar-refractivity contribution in [3.8, 4) is 0 Å². The summed E-state index contributed by atoms with van der Waals surface area (Å²) in [5.41, 5.74) is 3.06. The molecule has 170 valence electrons. The number of hydrogen-bond acceptors (Lipinski definition) is 3. The average molecular weight is 433 g/mol. The van der Waals surface area contributed by atoms with Crippen LogP contribution in [-0.2, 0) is 22.4 Å². The summed E-state index contributed by atoms with van der Waals surface area (Å²) in [6, 6.07) is 17.9. The maximum absolute atomic E-state index is 13.8. The molecule has 1 aliphatic rings. The minimum absolute atomic E-state index is 0.00983. The predicted molar refractivity (Wildman–Crippen MR) is 130 cm³/mol. The normalized spacial score (nSPS) is 22.2. The summed E-state index contributed by atoms with van der Waals surface area (Å²) in [5.74, 6) is 2.33. The van der Waals surface area contributed by atoms with E-state index in [-0.39, 0.29) is 12.1 Å². The fraction of sp³-hybridized carbons (Fsp3) is 0.500. The molecule has 0 N–H and O–H groups in total. The van der Waals surface area contributed by atoms with E-state index in [4.69, 9.17) is 9.72 Å². The summed E-state index contributed by atoms with van der Waals surface area (Å²) < 4.78 is 8.48. The zero-order chi connectivity index (χ0) is 22.7. The van der Waals surface area contributed by atoms with Crippen molar-refractivity contribution < 1.29 is 9.53 Å². The van der Waals surface area contributed by atoms with Crippen molar-refractivity contribution >= 4 is 17.0 Å². The van der Waals surface area contributed by atoms with Crippen molar-refractivity contribution in [2.24, 2.45) is 17.8 Å². The molecule has 4 atom stereocenters. The molecule has 3 aromatic rings. The maximum atomic E-state index is 13.8. The number of imidazole rings is 1. The number of para-hydroxylation sites is 2. The summed E-state index contributed by atoms with van der Waals surface area (Å²) >= 11 is 0. The van der Waals surface area contributed by atoms with E-state index in [2.05, 4.69) is 50.5 Å². The number of rotatable bonds is 7. The highest BCUT2D eigenvalue weighted by atomic mass is 16.5. The molecule has 0 amide bonds. The van der Waals surface area contributed by atoms with Crippen molar-refractivity contribution in [2.45, 2.75) is 71.9 Å². The summed E-state index contributed by atoms with van der Waals surface area (Å²) in [7, 11) is 0. The van der Waals surface area contributed by atoms with Crippen molar-refractivity contribution in [3.05, 3.63) is 66.0 Å². The van der Waals surface area contributed by atoms with Gasteiger partial charge in [0.15, 0.2) is 0 Å². The van der Waals surface area contributed by atoms with Crippen molar-refractivity contribution in [1.82, 2.24) is 9.55 Å². The van der Waals surface area contributed by atoms with Crippen LogP contribution in [0.25, 0.3) is 11.0 Å². The molecule has 0 bridgehead atoms. The Bertz CT molecular complexity index is 1040. The van der Waals surface area contributed by atoms with Crippen LogP contribution in [0.5, 0.6) is 0 Å². The lowest BCUT2D eigenvalue weighted by molar-refractivity contribution is -0.160. The number of fused-ring (bicyclic) bond motifs is 1. The SMILES string of the molecule is CCc1nc2ccccc2n1[C@H](Cc1ccccc1)C(=O)O[C@@H]1C[C@H](C)CC[C@H]1C(C)C. The number of esters is 1. The zero-order valence-electron chi connectivity index (χ0n) is 19.8. The van der Waals surface area contributed by atoms with Crippen LogP contribution < -0.4 is 0 Å². The number of ether oxygens (including phenoxy) is 1. The summed E-state index contributed by atoms with van der Waals surface area (Å²) in [6.07, 6.45) is 4.66. The van der Waals surface area contributed by atoms with Crippen molar-refractivity contribution in [2.75, 3.05) is 0 Å². The zero-order valence-corrected chi connectivity index (χ0v) is 19.8. The Hall–Kier alpha value is -2.62. The Morgan fingerprint density at radius 3 is 2.53 bits per heavy atom. The Labute approximate surface area is 192 Å². The van der Waals surface area contributed by atoms with Gasteiger partial charge in [-0.15, -0.1) is 0 Å². The fourth-order valence-electron chi connectivity index (χ4n) is 5.29. The van der Waals surface area contributed by atoms with Crippen molar-refractivity contribution in [3.63, 3.8) is 0 Å². The highest BCUT2D eigenvalue weighted by molar-refractivity contribution is 5.81. The standard InChI is InChI=1S/C28H36N2O2/c1-5-27-29-23-13-9-10-14-24(23)30(27)25(18-21-11-7-6-8-12-21)28(31)32-26-17-20(4)15-16-22(26)19(2)3/h6-14,19-20,22,25-26H,5,15-18H2,1-4H3/t20-,22+,25-,26-/m1/s1. The van der Waals surface area contributed by atoms with E-state index < -0.39 is 6.04 Å². The molecular formula is C28H36N2O2. The van der Waals surface area contributed by atoms with E-state index in [1.54, 1.807) is 0 Å². The van der Waals surface area contributed by atoms with Gasteiger partial charge in [-0.3, -0.25) is 0 Å². The number of aromatic nitrogens is 2. The van der Waals surface area contributed by atoms with Crippen LogP contribution in [0.3, 0.4) is 0 Å². The van der Waals surface area contributed by atoms with Crippen LogP contribution in [0, 0.1) is 17.8 Å². The summed E-state index contributed by atoms with van der Waals surface area (Å²) in [5, 5.41) is 0. The molecule has 0 radical (unpaired) electrons. The molecule has 1 saturated carbocycles. The molecule has 4 heteroatoms. The fourth-order valence-corrected chi connectivity index (χ4v) is 5.29. The third-order valence-corrected chi connectivity index (χ3v) is 7.07. The van der Waals surface area contributed by atoms with Crippen LogP contribution in [-0.4, -0.2) is 21.6 Å². The number of benzene rings is 2. The van der Waals surface area contributed by atoms with Crippen LogP contribution in [0.15, 0.2) is 54.6 Å². The van der Waals surface area contributed by atoms with E-state index in [0.717, 1.165) is 41.7 Å². The van der Waals surface area contributed by atoms with E-state index in [1.165, 1.54) is 6.42 Å². The molecule has 0 spiro atoms. The second kappa shape index (κ2) is 9.89. The molecule has 4 nitrogen and oxygen atoms in total. The molecule has 32 heavy (non-hydrogen) atoms. The van der Waals surface area contributed by atoms with Gasteiger partial charge in [-0.1, -0.05) is 76.6 Å². The average Bonchev–Trinajstić information content (AvgIpc) is 3.16. The highest BCUT2D eigenvalue weighted by Crippen LogP contribution is 2.36. The highest BCUT2D eigenvalue weighted by Gasteiger charge is 2.36. The van der Waals surface area contributed by atoms with Gasteiger partial charge in [0.25, 0.3) is 0 Å². The largest absolute Gasteiger partial charge is 0.461 e. The van der Waals surface area contributed by atoms with Crippen LogP contribution in [0.4, 0.5) is 0 Å². The van der Waals surface area contributed by atoms with Gasteiger partial charge in [-0.25, -0.2) is 9.78 Å². The topological polar surface area (TPSA) is 44.1 Å². The molecule has 4 rings (SSSR count). The number of carbonyl (C=O) groups excluding carboxylic acids is 1. The quantitative estimate of drug-likeness (QED) is 0.407. The van der Waals surface area contributed by atoms with E-state index in [1.807, 2.05) is 36.4 Å². The van der Waals surface area contributed by atoms with Gasteiger partial charge < -0.3 is 9.30 Å². The number of carbonyl (C=O) groups is 1. The predicted octanol–water partition coefficient (Wildman–Crippen LogP) is 6.39. The third-order valence-electron chi connectivity index (χ3n) is 7.07. The van der Waals surface area contributed by atoms with Gasteiger partial charge in [0, 0.05) is 12.8 Å². The Kier molecular flexibility index (Phi) is 6.98. The lowest BCUT2D eigenvalue weighted by Crippen LogP contribution is -2.38. The summed E-state index contributed by atoms with van der Waals surface area (Å²) in [4.78, 5) is 18.7. The van der Waals surface area contributed by atoms with E-state index in [9.17, 15) is 4.79 Å².